The average molecular weight is 199 g/mol. The molecule has 14 heavy (non-hydrogen) atoms. The van der Waals surface area contributed by atoms with Gasteiger partial charge >= 0.3 is 0 Å². The van der Waals surface area contributed by atoms with Crippen molar-refractivity contribution in [3.63, 3.8) is 0 Å². The second kappa shape index (κ2) is 3.41. The van der Waals surface area contributed by atoms with Crippen LogP contribution in [0.15, 0.2) is 0 Å². The van der Waals surface area contributed by atoms with Crippen molar-refractivity contribution in [2.75, 3.05) is 11.9 Å². The van der Waals surface area contributed by atoms with Crippen LogP contribution in [0, 0.1) is 6.92 Å². The molecule has 1 aromatic rings. The molecule has 0 saturated carbocycles. The van der Waals surface area contributed by atoms with E-state index in [2.05, 4.69) is 5.32 Å². The first-order valence-corrected chi connectivity index (χ1v) is 3.63. The summed E-state index contributed by atoms with van der Waals surface area (Å²) < 4.78 is 0. The fraction of sp³-hybridized carbons (Fsp3) is 0.125. The Morgan fingerprint density at radius 3 is 1.50 bits per heavy atom. The van der Waals surface area contributed by atoms with E-state index < -0.39 is 28.7 Å². The zero-order valence-electron chi connectivity index (χ0n) is 7.02. The topological polar surface area (TPSA) is 113 Å². The second-order valence-electron chi connectivity index (χ2n) is 2.50. The summed E-state index contributed by atoms with van der Waals surface area (Å²) in [6.45, 7) is 4.94. The summed E-state index contributed by atoms with van der Waals surface area (Å²) >= 11 is 0. The number of nitrogens with one attached hydrogen (secondary N) is 1. The Balaban J connectivity index is 3.43. The smallest absolute Gasteiger partial charge is 0.208 e. The predicted molar refractivity (Wildman–Crippen MR) is 47.6 cm³/mol. The van der Waals surface area contributed by atoms with Gasteiger partial charge in [0.25, 0.3) is 0 Å². The molecule has 0 bridgehead atoms. The van der Waals surface area contributed by atoms with Gasteiger partial charge in [0.15, 0.2) is 11.5 Å². The van der Waals surface area contributed by atoms with Crippen molar-refractivity contribution in [2.24, 2.45) is 0 Å². The van der Waals surface area contributed by atoms with Crippen LogP contribution in [-0.2, 0) is 0 Å². The van der Waals surface area contributed by atoms with E-state index in [-0.39, 0.29) is 12.2 Å². The predicted octanol–water partition coefficient (Wildman–Crippen LogP) is 0.338. The van der Waals surface area contributed by atoms with Crippen molar-refractivity contribution >= 4 is 5.69 Å². The molecule has 2 radical (unpaired) electrons. The summed E-state index contributed by atoms with van der Waals surface area (Å²) in [6, 6.07) is 0. The van der Waals surface area contributed by atoms with Gasteiger partial charge in [-0.15, -0.1) is 0 Å². The summed E-state index contributed by atoms with van der Waals surface area (Å²) in [5.41, 5.74) is -0.347. The number of rotatable bonds is 2. The van der Waals surface area contributed by atoms with Crippen LogP contribution in [0.3, 0.4) is 0 Å². The quantitative estimate of drug-likeness (QED) is 0.302. The SMILES string of the molecule is [CH]CNc1c(O)c(O)c(O)c(O)c1O. The summed E-state index contributed by atoms with van der Waals surface area (Å²) in [5.74, 6) is -4.44. The van der Waals surface area contributed by atoms with Gasteiger partial charge in [0, 0.05) is 6.54 Å². The molecule has 0 aliphatic carbocycles. The number of benzene rings is 1. The molecule has 6 heteroatoms. The Morgan fingerprint density at radius 2 is 1.14 bits per heavy atom. The van der Waals surface area contributed by atoms with Crippen molar-refractivity contribution in [3.05, 3.63) is 6.92 Å². The van der Waals surface area contributed by atoms with E-state index in [9.17, 15) is 10.2 Å². The van der Waals surface area contributed by atoms with Gasteiger partial charge in [-0.25, -0.2) is 0 Å². The number of hydrogen-bond donors (Lipinski definition) is 6. The lowest BCUT2D eigenvalue weighted by molar-refractivity contribution is 0.330. The maximum Gasteiger partial charge on any atom is 0.208 e. The molecular weight excluding hydrogens is 190 g/mol. The zero-order valence-corrected chi connectivity index (χ0v) is 7.02. The number of anilines is 1. The summed E-state index contributed by atoms with van der Waals surface area (Å²) in [7, 11) is 0. The van der Waals surface area contributed by atoms with Crippen LogP contribution in [0.5, 0.6) is 28.7 Å². The third-order valence-electron chi connectivity index (χ3n) is 1.65. The Bertz CT molecular complexity index is 334. The molecule has 0 aromatic heterocycles. The molecule has 0 atom stereocenters. The van der Waals surface area contributed by atoms with E-state index in [0.717, 1.165) is 0 Å². The molecule has 0 fully saturated rings. The normalized spacial score (nSPS) is 10.1. The van der Waals surface area contributed by atoms with Crippen LogP contribution in [0.1, 0.15) is 0 Å². The van der Waals surface area contributed by atoms with Gasteiger partial charge in [0.2, 0.25) is 17.2 Å². The van der Waals surface area contributed by atoms with E-state index in [1.807, 2.05) is 0 Å². The fourth-order valence-electron chi connectivity index (χ4n) is 0.955. The van der Waals surface area contributed by atoms with E-state index in [1.165, 1.54) is 0 Å². The number of phenols is 5. The van der Waals surface area contributed by atoms with E-state index in [0.29, 0.717) is 0 Å². The maximum absolute atomic E-state index is 9.22. The van der Waals surface area contributed by atoms with Gasteiger partial charge in [-0.1, -0.05) is 0 Å². The van der Waals surface area contributed by atoms with Gasteiger partial charge < -0.3 is 30.8 Å². The number of aromatic hydroxyl groups is 5. The second-order valence-corrected chi connectivity index (χ2v) is 2.50. The van der Waals surface area contributed by atoms with E-state index in [4.69, 9.17) is 22.2 Å². The summed E-state index contributed by atoms with van der Waals surface area (Å²) in [5, 5.41) is 47.8. The van der Waals surface area contributed by atoms with Crippen LogP contribution >= 0.6 is 0 Å². The Morgan fingerprint density at radius 1 is 0.786 bits per heavy atom. The first-order valence-electron chi connectivity index (χ1n) is 3.63. The van der Waals surface area contributed by atoms with Gasteiger partial charge in [-0.2, -0.15) is 0 Å². The lowest BCUT2D eigenvalue weighted by Gasteiger charge is -2.12. The van der Waals surface area contributed by atoms with Gasteiger partial charge in [0.05, 0.1) is 0 Å². The first kappa shape index (κ1) is 10.1. The molecule has 6 N–H and O–H groups in total. The maximum atomic E-state index is 9.22. The molecule has 6 nitrogen and oxygen atoms in total. The van der Waals surface area contributed by atoms with Crippen molar-refractivity contribution < 1.29 is 25.5 Å². The molecule has 1 rings (SSSR count). The lowest BCUT2D eigenvalue weighted by Crippen LogP contribution is -1.97. The highest BCUT2D eigenvalue weighted by Crippen LogP contribution is 2.53. The Hall–Kier alpha value is -1.98. The summed E-state index contributed by atoms with van der Waals surface area (Å²) in [6.07, 6.45) is 0. The van der Waals surface area contributed by atoms with Crippen LogP contribution in [0.2, 0.25) is 0 Å². The Labute approximate surface area is 79.7 Å². The third-order valence-corrected chi connectivity index (χ3v) is 1.65. The minimum atomic E-state index is -0.998. The number of phenolic OH excluding ortho intramolecular Hbond substituents is 5. The van der Waals surface area contributed by atoms with Gasteiger partial charge in [0.1, 0.15) is 5.69 Å². The average Bonchev–Trinajstić information content (AvgIpc) is 2.19. The summed E-state index contributed by atoms with van der Waals surface area (Å²) in [4.78, 5) is 0. The van der Waals surface area contributed by atoms with Crippen LogP contribution in [-0.4, -0.2) is 32.1 Å². The van der Waals surface area contributed by atoms with Crippen molar-refractivity contribution in [1.82, 2.24) is 0 Å². The third kappa shape index (κ3) is 1.30. The molecule has 0 spiro atoms. The van der Waals surface area contributed by atoms with Gasteiger partial charge in [-0.3, -0.25) is 0 Å². The van der Waals surface area contributed by atoms with Crippen molar-refractivity contribution in [2.45, 2.75) is 0 Å². The molecule has 0 saturated heterocycles. The minimum Gasteiger partial charge on any atom is -0.503 e. The molecule has 0 unspecified atom stereocenters. The van der Waals surface area contributed by atoms with Crippen LogP contribution in [0.25, 0.3) is 0 Å². The lowest BCUT2D eigenvalue weighted by atomic mass is 10.2. The van der Waals surface area contributed by atoms with Crippen molar-refractivity contribution in [3.8, 4) is 28.7 Å². The highest BCUT2D eigenvalue weighted by Gasteiger charge is 2.22. The van der Waals surface area contributed by atoms with Gasteiger partial charge in [-0.05, 0) is 6.92 Å². The molecule has 76 valence electrons. The fourth-order valence-corrected chi connectivity index (χ4v) is 0.955. The molecule has 1 aromatic carbocycles. The van der Waals surface area contributed by atoms with Crippen molar-refractivity contribution in [1.29, 1.82) is 0 Å². The molecule has 0 amide bonds. The van der Waals surface area contributed by atoms with E-state index >= 15 is 0 Å². The molecule has 0 aliphatic rings. The van der Waals surface area contributed by atoms with Crippen LogP contribution in [0.4, 0.5) is 5.69 Å². The standard InChI is InChI=1S/C8H9NO5/c1-2-9-3-4(10)6(12)8(14)7(13)5(3)11/h1,9-14H,2H2. The molecule has 0 aliphatic heterocycles. The highest BCUT2D eigenvalue weighted by molar-refractivity contribution is 5.79. The zero-order chi connectivity index (χ0) is 10.9. The minimum absolute atomic E-state index is 0.134. The Kier molecular flexibility index (Phi) is 2.46. The molecular formula is C8H9NO5. The van der Waals surface area contributed by atoms with Crippen LogP contribution < -0.4 is 5.32 Å². The molecule has 0 heterocycles. The number of hydrogen-bond acceptors (Lipinski definition) is 6. The first-order chi connectivity index (χ1) is 6.50. The highest BCUT2D eigenvalue weighted by atomic mass is 16.4. The largest absolute Gasteiger partial charge is 0.503 e. The monoisotopic (exact) mass is 199 g/mol. The van der Waals surface area contributed by atoms with E-state index in [1.54, 1.807) is 0 Å².